The third-order valence-electron chi connectivity index (χ3n) is 9.04. The predicted molar refractivity (Wildman–Crippen MR) is 180 cm³/mol. The molecule has 0 unspecified atom stereocenters. The van der Waals surface area contributed by atoms with E-state index in [0.717, 1.165) is 59.4 Å². The summed E-state index contributed by atoms with van der Waals surface area (Å²) in [5.74, 6) is 0. The Morgan fingerprint density at radius 3 is 2.11 bits per heavy atom. The normalized spacial score (nSPS) is 21.4. The molecule has 2 heterocycles. The van der Waals surface area contributed by atoms with Gasteiger partial charge in [-0.15, -0.1) is 0 Å². The lowest BCUT2D eigenvalue weighted by Gasteiger charge is -2.39. The molecule has 2 aliphatic rings. The maximum absolute atomic E-state index is 12.9. The SMILES string of the molecule is O=S(=O)(NCc1ccccc1-c1ccc([C@H]2O[C@@H](CN3CCCCCCC3)C[C@@H](c3ccc(CO)cc3)O2)cc1)c1ccccc1. The Hall–Kier alpha value is -3.37. The van der Waals surface area contributed by atoms with Gasteiger partial charge in [-0.25, -0.2) is 13.1 Å². The minimum absolute atomic E-state index is 0.0174. The Kier molecular flexibility index (Phi) is 11.0. The summed E-state index contributed by atoms with van der Waals surface area (Å²) >= 11 is 0. The first kappa shape index (κ1) is 32.6. The minimum atomic E-state index is -3.63. The smallest absolute Gasteiger partial charge is 0.240 e. The average Bonchev–Trinajstić information content (AvgIpc) is 3.09. The number of aliphatic hydroxyl groups excluding tert-OH is 1. The van der Waals surface area contributed by atoms with Gasteiger partial charge in [0, 0.05) is 25.1 Å². The molecule has 3 atom stereocenters. The van der Waals surface area contributed by atoms with E-state index in [1.165, 1.54) is 32.1 Å². The lowest BCUT2D eigenvalue weighted by molar-refractivity contribution is -0.253. The van der Waals surface area contributed by atoms with E-state index >= 15 is 0 Å². The van der Waals surface area contributed by atoms with Gasteiger partial charge in [-0.05, 0) is 65.9 Å². The van der Waals surface area contributed by atoms with Crippen LogP contribution in [0.1, 0.15) is 73.2 Å². The fraction of sp³-hybridized carbons (Fsp3) is 0.368. The molecular weight excluding hydrogens is 596 g/mol. The van der Waals surface area contributed by atoms with Crippen LogP contribution in [0.15, 0.2) is 108 Å². The van der Waals surface area contributed by atoms with Crippen molar-refractivity contribution < 1.29 is 23.0 Å². The molecule has 2 aliphatic heterocycles. The lowest BCUT2D eigenvalue weighted by Crippen LogP contribution is -2.40. The predicted octanol–water partition coefficient (Wildman–Crippen LogP) is 7.14. The van der Waals surface area contributed by atoms with Crippen LogP contribution in [0.4, 0.5) is 0 Å². The quantitative estimate of drug-likeness (QED) is 0.192. The summed E-state index contributed by atoms with van der Waals surface area (Å²) in [5.41, 5.74) is 5.76. The summed E-state index contributed by atoms with van der Waals surface area (Å²) in [6, 6.07) is 32.5. The summed E-state index contributed by atoms with van der Waals surface area (Å²) in [7, 11) is -3.63. The highest BCUT2D eigenvalue weighted by Gasteiger charge is 2.33. The number of nitrogens with one attached hydrogen (secondary N) is 1. The molecule has 8 heteroatoms. The third-order valence-corrected chi connectivity index (χ3v) is 10.5. The van der Waals surface area contributed by atoms with Crippen molar-refractivity contribution >= 4 is 10.0 Å². The Balaban J connectivity index is 1.20. The van der Waals surface area contributed by atoms with Gasteiger partial charge in [0.2, 0.25) is 10.0 Å². The lowest BCUT2D eigenvalue weighted by atomic mass is 9.97. The first-order chi connectivity index (χ1) is 22.5. The molecule has 2 N–H and O–H groups in total. The van der Waals surface area contributed by atoms with Gasteiger partial charge in [-0.2, -0.15) is 0 Å². The first-order valence-corrected chi connectivity index (χ1v) is 17.9. The van der Waals surface area contributed by atoms with Crippen molar-refractivity contribution in [2.24, 2.45) is 0 Å². The summed E-state index contributed by atoms with van der Waals surface area (Å²) in [4.78, 5) is 2.81. The summed E-state index contributed by atoms with van der Waals surface area (Å²) in [6.45, 7) is 3.30. The Bertz CT molecular complexity index is 1640. The molecule has 0 aromatic heterocycles. The molecular formula is C38H44N2O5S. The number of nitrogens with zero attached hydrogens (tertiary/aromatic N) is 1. The molecule has 0 bridgehead atoms. The molecule has 242 valence electrons. The van der Waals surface area contributed by atoms with Gasteiger partial charge in [0.15, 0.2) is 6.29 Å². The van der Waals surface area contributed by atoms with Crippen LogP contribution in [-0.2, 0) is 32.6 Å². The number of aliphatic hydroxyl groups is 1. The number of benzene rings is 4. The highest BCUT2D eigenvalue weighted by molar-refractivity contribution is 7.89. The van der Waals surface area contributed by atoms with E-state index in [-0.39, 0.29) is 30.3 Å². The molecule has 7 nitrogen and oxygen atoms in total. The van der Waals surface area contributed by atoms with Gasteiger partial charge >= 0.3 is 0 Å². The standard InChI is InChI=1S/C38H44N2O5S/c41-28-29-15-17-31(18-16-29)37-25-34(27-40-23-9-2-1-3-10-24-40)44-38(45-37)32-21-19-30(20-22-32)36-14-8-7-11-33(36)26-39-46(42,43)35-12-5-4-6-13-35/h4-8,11-22,34,37-39,41H,1-3,9-10,23-28H2/t34-,37+,38+/m1/s1. The zero-order valence-corrected chi connectivity index (χ0v) is 27.1. The molecule has 0 saturated carbocycles. The number of ether oxygens (including phenoxy) is 2. The largest absolute Gasteiger partial charge is 0.392 e. The molecule has 6 rings (SSSR count). The van der Waals surface area contributed by atoms with Gasteiger partial charge in [0.05, 0.1) is 23.7 Å². The van der Waals surface area contributed by atoms with E-state index in [0.29, 0.717) is 0 Å². The van der Waals surface area contributed by atoms with Crippen LogP contribution in [0.25, 0.3) is 11.1 Å². The van der Waals surface area contributed by atoms with Crippen LogP contribution in [0, 0.1) is 0 Å². The van der Waals surface area contributed by atoms with Crippen LogP contribution < -0.4 is 4.72 Å². The molecule has 4 aromatic carbocycles. The van der Waals surface area contributed by atoms with Crippen LogP contribution in [-0.4, -0.2) is 44.2 Å². The molecule has 0 aliphatic carbocycles. The van der Waals surface area contributed by atoms with E-state index < -0.39 is 16.3 Å². The zero-order valence-electron chi connectivity index (χ0n) is 26.3. The summed E-state index contributed by atoms with van der Waals surface area (Å²) < 4.78 is 41.7. The van der Waals surface area contributed by atoms with Gasteiger partial charge in [0.1, 0.15) is 0 Å². The van der Waals surface area contributed by atoms with E-state index in [1.54, 1.807) is 30.3 Å². The van der Waals surface area contributed by atoms with Gasteiger partial charge in [-0.3, -0.25) is 0 Å². The Morgan fingerprint density at radius 2 is 1.39 bits per heavy atom. The highest BCUT2D eigenvalue weighted by Crippen LogP contribution is 2.39. The van der Waals surface area contributed by atoms with Gasteiger partial charge < -0.3 is 19.5 Å². The Morgan fingerprint density at radius 1 is 0.739 bits per heavy atom. The van der Waals surface area contributed by atoms with Gasteiger partial charge in [-0.1, -0.05) is 110 Å². The van der Waals surface area contributed by atoms with Crippen LogP contribution in [0.3, 0.4) is 0 Å². The molecule has 2 fully saturated rings. The topological polar surface area (TPSA) is 88.1 Å². The van der Waals surface area contributed by atoms with Crippen molar-refractivity contribution in [1.82, 2.24) is 9.62 Å². The fourth-order valence-corrected chi connectivity index (χ4v) is 7.48. The molecule has 0 radical (unpaired) electrons. The van der Waals surface area contributed by atoms with Crippen LogP contribution in [0.5, 0.6) is 0 Å². The molecule has 0 spiro atoms. The van der Waals surface area contributed by atoms with E-state index in [1.807, 2.05) is 36.4 Å². The molecule has 2 saturated heterocycles. The Labute approximate surface area is 273 Å². The minimum Gasteiger partial charge on any atom is -0.392 e. The van der Waals surface area contributed by atoms with Crippen molar-refractivity contribution in [3.05, 3.63) is 125 Å². The maximum atomic E-state index is 12.9. The van der Waals surface area contributed by atoms with Crippen LogP contribution >= 0.6 is 0 Å². The second-order valence-corrected chi connectivity index (χ2v) is 14.1. The highest BCUT2D eigenvalue weighted by atomic mass is 32.2. The zero-order chi connectivity index (χ0) is 31.8. The molecule has 46 heavy (non-hydrogen) atoms. The van der Waals surface area contributed by atoms with E-state index in [2.05, 4.69) is 46.0 Å². The van der Waals surface area contributed by atoms with Crippen LogP contribution in [0.2, 0.25) is 0 Å². The average molecular weight is 641 g/mol. The van der Waals surface area contributed by atoms with Crippen molar-refractivity contribution in [2.45, 2.75) is 75.1 Å². The molecule has 4 aromatic rings. The fourth-order valence-electron chi connectivity index (χ4n) is 6.45. The van der Waals surface area contributed by atoms with E-state index in [4.69, 9.17) is 9.47 Å². The number of rotatable bonds is 10. The van der Waals surface area contributed by atoms with Crippen molar-refractivity contribution in [3.63, 3.8) is 0 Å². The van der Waals surface area contributed by atoms with Crippen molar-refractivity contribution in [2.75, 3.05) is 19.6 Å². The van der Waals surface area contributed by atoms with Crippen molar-refractivity contribution in [3.8, 4) is 11.1 Å². The summed E-state index contributed by atoms with van der Waals surface area (Å²) in [5, 5.41) is 9.54. The number of sulfonamides is 1. The maximum Gasteiger partial charge on any atom is 0.240 e. The molecule has 0 amide bonds. The number of likely N-dealkylation sites (tertiary alicyclic amines) is 1. The third kappa shape index (κ3) is 8.31. The van der Waals surface area contributed by atoms with Gasteiger partial charge in [0.25, 0.3) is 0 Å². The van der Waals surface area contributed by atoms with E-state index in [9.17, 15) is 13.5 Å². The summed E-state index contributed by atoms with van der Waals surface area (Å²) in [6.07, 6.45) is 6.55. The second-order valence-electron chi connectivity index (χ2n) is 12.3. The number of hydrogen-bond donors (Lipinski definition) is 2. The van der Waals surface area contributed by atoms with Crippen molar-refractivity contribution in [1.29, 1.82) is 0 Å². The monoisotopic (exact) mass is 640 g/mol. The second kappa shape index (κ2) is 15.5. The number of hydrogen-bond acceptors (Lipinski definition) is 6. The first-order valence-electron chi connectivity index (χ1n) is 16.4.